The van der Waals surface area contributed by atoms with E-state index in [0.29, 0.717) is 0 Å². The second-order valence-electron chi connectivity index (χ2n) is 2.53. The van der Waals surface area contributed by atoms with Crippen molar-refractivity contribution in [2.24, 2.45) is 0 Å². The highest BCUT2D eigenvalue weighted by Crippen LogP contribution is 2.18. The molecule has 2 nitrogen and oxygen atoms in total. The molecular formula is C12H20O2. The van der Waals surface area contributed by atoms with Gasteiger partial charge < -0.3 is 9.47 Å². The highest BCUT2D eigenvalue weighted by atomic mass is 16.5. The largest absolute Gasteiger partial charge is 0.497 e. The van der Waals surface area contributed by atoms with Gasteiger partial charge in [0.05, 0.1) is 13.7 Å². The molecule has 80 valence electrons. The van der Waals surface area contributed by atoms with Gasteiger partial charge in [0, 0.05) is 6.07 Å². The van der Waals surface area contributed by atoms with Gasteiger partial charge in [-0.1, -0.05) is 26.8 Å². The maximum absolute atomic E-state index is 5.42. The van der Waals surface area contributed by atoms with E-state index in [1.54, 1.807) is 7.11 Å². The van der Waals surface area contributed by atoms with Gasteiger partial charge in [-0.05, 0) is 18.6 Å². The zero-order valence-electron chi connectivity index (χ0n) is 9.54. The smallest absolute Gasteiger partial charge is 0.122 e. The molecule has 0 saturated heterocycles. The van der Waals surface area contributed by atoms with Crippen molar-refractivity contribution in [1.29, 1.82) is 0 Å². The fourth-order valence-electron chi connectivity index (χ4n) is 0.911. The molecule has 1 aromatic rings. The maximum Gasteiger partial charge on any atom is 0.122 e. The Morgan fingerprint density at radius 1 is 1.14 bits per heavy atom. The molecule has 0 unspecified atom stereocenters. The van der Waals surface area contributed by atoms with Crippen LogP contribution in [0.1, 0.15) is 27.2 Å². The lowest BCUT2D eigenvalue weighted by atomic mass is 10.3. The normalized spacial score (nSPS) is 8.57. The van der Waals surface area contributed by atoms with Gasteiger partial charge in [0.2, 0.25) is 0 Å². The summed E-state index contributed by atoms with van der Waals surface area (Å²) in [5, 5.41) is 0. The SMILES string of the molecule is CC.CCCOc1cccc(OC)c1. The summed E-state index contributed by atoms with van der Waals surface area (Å²) in [4.78, 5) is 0. The Balaban J connectivity index is 0.000000791. The van der Waals surface area contributed by atoms with E-state index in [2.05, 4.69) is 6.92 Å². The summed E-state index contributed by atoms with van der Waals surface area (Å²) in [5.41, 5.74) is 0. The molecule has 14 heavy (non-hydrogen) atoms. The molecule has 0 bridgehead atoms. The molecule has 0 saturated carbocycles. The third kappa shape index (κ3) is 4.75. The van der Waals surface area contributed by atoms with E-state index in [0.717, 1.165) is 24.5 Å². The summed E-state index contributed by atoms with van der Waals surface area (Å²) in [5.74, 6) is 1.71. The molecule has 1 rings (SSSR count). The van der Waals surface area contributed by atoms with Crippen LogP contribution in [0.2, 0.25) is 0 Å². The van der Waals surface area contributed by atoms with Gasteiger partial charge in [0.15, 0.2) is 0 Å². The molecule has 0 aliphatic heterocycles. The molecule has 0 atom stereocenters. The topological polar surface area (TPSA) is 18.5 Å². The standard InChI is InChI=1S/C10H14O2.C2H6/c1-3-7-12-10-6-4-5-9(8-10)11-2;1-2/h4-6,8H,3,7H2,1-2H3;1-2H3. The molecule has 0 aliphatic carbocycles. The van der Waals surface area contributed by atoms with Crippen LogP contribution in [0.5, 0.6) is 11.5 Å². The summed E-state index contributed by atoms with van der Waals surface area (Å²) in [6, 6.07) is 7.64. The highest BCUT2D eigenvalue weighted by Gasteiger charge is 1.94. The van der Waals surface area contributed by atoms with Crippen molar-refractivity contribution in [3.05, 3.63) is 24.3 Å². The van der Waals surface area contributed by atoms with Crippen LogP contribution in [0.25, 0.3) is 0 Å². The molecule has 0 N–H and O–H groups in total. The molecular weight excluding hydrogens is 176 g/mol. The predicted molar refractivity (Wildman–Crippen MR) is 60.1 cm³/mol. The van der Waals surface area contributed by atoms with Crippen molar-refractivity contribution < 1.29 is 9.47 Å². The molecule has 0 heterocycles. The van der Waals surface area contributed by atoms with E-state index in [4.69, 9.17) is 9.47 Å². The predicted octanol–water partition coefficient (Wildman–Crippen LogP) is 3.51. The lowest BCUT2D eigenvalue weighted by molar-refractivity contribution is 0.314. The van der Waals surface area contributed by atoms with Crippen molar-refractivity contribution in [2.45, 2.75) is 27.2 Å². The van der Waals surface area contributed by atoms with Gasteiger partial charge in [0.25, 0.3) is 0 Å². The van der Waals surface area contributed by atoms with E-state index in [1.165, 1.54) is 0 Å². The number of benzene rings is 1. The molecule has 0 fully saturated rings. The minimum Gasteiger partial charge on any atom is -0.497 e. The third-order valence-electron chi connectivity index (χ3n) is 1.51. The van der Waals surface area contributed by atoms with Crippen LogP contribution in [0.3, 0.4) is 0 Å². The van der Waals surface area contributed by atoms with Crippen LogP contribution < -0.4 is 9.47 Å². The van der Waals surface area contributed by atoms with E-state index in [-0.39, 0.29) is 0 Å². The van der Waals surface area contributed by atoms with E-state index in [1.807, 2.05) is 38.1 Å². The maximum atomic E-state index is 5.42. The number of methoxy groups -OCH3 is 1. The fourth-order valence-corrected chi connectivity index (χ4v) is 0.911. The van der Waals surface area contributed by atoms with Gasteiger partial charge in [-0.3, -0.25) is 0 Å². The first-order valence-corrected chi connectivity index (χ1v) is 5.13. The Morgan fingerprint density at radius 2 is 1.79 bits per heavy atom. The van der Waals surface area contributed by atoms with Crippen LogP contribution in [0, 0.1) is 0 Å². The zero-order valence-corrected chi connectivity index (χ0v) is 9.54. The Morgan fingerprint density at radius 3 is 2.36 bits per heavy atom. The van der Waals surface area contributed by atoms with E-state index in [9.17, 15) is 0 Å². The molecule has 0 radical (unpaired) electrons. The Labute approximate surface area is 86.9 Å². The number of hydrogen-bond donors (Lipinski definition) is 0. The third-order valence-corrected chi connectivity index (χ3v) is 1.51. The van der Waals surface area contributed by atoms with E-state index >= 15 is 0 Å². The van der Waals surface area contributed by atoms with Crippen LogP contribution in [-0.2, 0) is 0 Å². The minimum absolute atomic E-state index is 0.757. The highest BCUT2D eigenvalue weighted by molar-refractivity contribution is 5.32. The number of hydrogen-bond acceptors (Lipinski definition) is 2. The number of rotatable bonds is 4. The molecule has 0 aromatic heterocycles. The Kier molecular flexibility index (Phi) is 7.71. The van der Waals surface area contributed by atoms with Gasteiger partial charge in [-0.25, -0.2) is 0 Å². The lowest BCUT2D eigenvalue weighted by Gasteiger charge is -2.05. The van der Waals surface area contributed by atoms with Crippen LogP contribution in [-0.4, -0.2) is 13.7 Å². The average molecular weight is 196 g/mol. The summed E-state index contributed by atoms with van der Waals surface area (Å²) in [6.07, 6.45) is 1.03. The first-order valence-electron chi connectivity index (χ1n) is 5.13. The molecule has 0 aliphatic rings. The molecule has 1 aromatic carbocycles. The quantitative estimate of drug-likeness (QED) is 0.733. The van der Waals surface area contributed by atoms with Gasteiger partial charge in [-0.2, -0.15) is 0 Å². The summed E-state index contributed by atoms with van der Waals surface area (Å²) in [6.45, 7) is 6.84. The van der Waals surface area contributed by atoms with Crippen molar-refractivity contribution in [3.8, 4) is 11.5 Å². The second-order valence-corrected chi connectivity index (χ2v) is 2.53. The van der Waals surface area contributed by atoms with Gasteiger partial charge >= 0.3 is 0 Å². The van der Waals surface area contributed by atoms with Crippen molar-refractivity contribution in [3.63, 3.8) is 0 Å². The minimum atomic E-state index is 0.757. The molecule has 0 spiro atoms. The summed E-state index contributed by atoms with van der Waals surface area (Å²) in [7, 11) is 1.65. The average Bonchev–Trinajstić information content (AvgIpc) is 2.29. The summed E-state index contributed by atoms with van der Waals surface area (Å²) < 4.78 is 10.5. The summed E-state index contributed by atoms with van der Waals surface area (Å²) >= 11 is 0. The van der Waals surface area contributed by atoms with Gasteiger partial charge in [0.1, 0.15) is 11.5 Å². The first-order chi connectivity index (χ1) is 6.86. The zero-order chi connectivity index (χ0) is 10.8. The number of ether oxygens (including phenoxy) is 2. The van der Waals surface area contributed by atoms with Crippen molar-refractivity contribution >= 4 is 0 Å². The second kappa shape index (κ2) is 8.42. The van der Waals surface area contributed by atoms with E-state index < -0.39 is 0 Å². The van der Waals surface area contributed by atoms with Crippen LogP contribution >= 0.6 is 0 Å². The Hall–Kier alpha value is -1.18. The van der Waals surface area contributed by atoms with Crippen molar-refractivity contribution in [1.82, 2.24) is 0 Å². The first kappa shape index (κ1) is 12.8. The van der Waals surface area contributed by atoms with Crippen LogP contribution in [0.4, 0.5) is 0 Å². The van der Waals surface area contributed by atoms with Crippen LogP contribution in [0.15, 0.2) is 24.3 Å². The monoisotopic (exact) mass is 196 g/mol. The van der Waals surface area contributed by atoms with Gasteiger partial charge in [-0.15, -0.1) is 0 Å². The Bertz CT molecular complexity index is 234. The lowest BCUT2D eigenvalue weighted by Crippen LogP contribution is -1.94. The fraction of sp³-hybridized carbons (Fsp3) is 0.500. The molecule has 2 heteroatoms. The molecule has 0 amide bonds. The van der Waals surface area contributed by atoms with Crippen molar-refractivity contribution in [2.75, 3.05) is 13.7 Å².